The number of amides is 1. The number of aliphatic carboxylic acids is 1. The summed E-state index contributed by atoms with van der Waals surface area (Å²) in [7, 11) is 1.40. The van der Waals surface area contributed by atoms with E-state index in [9.17, 15) is 14.7 Å². The summed E-state index contributed by atoms with van der Waals surface area (Å²) in [5, 5.41) is 21.5. The maximum Gasteiger partial charge on any atom is 0.305 e. The summed E-state index contributed by atoms with van der Waals surface area (Å²) < 4.78 is 5.03. The lowest BCUT2D eigenvalue weighted by Gasteiger charge is -2.18. The molecule has 6 heteroatoms. The van der Waals surface area contributed by atoms with E-state index in [1.165, 1.54) is 19.2 Å². The second kappa shape index (κ2) is 8.01. The Kier molecular flexibility index (Phi) is 5.78. The molecular formula is C18H19NO5. The monoisotopic (exact) mass is 329 g/mol. The fourth-order valence-corrected chi connectivity index (χ4v) is 2.36. The molecule has 6 nitrogen and oxygen atoms in total. The molecule has 0 aliphatic rings. The summed E-state index contributed by atoms with van der Waals surface area (Å²) in [4.78, 5) is 23.3. The van der Waals surface area contributed by atoms with Crippen molar-refractivity contribution in [3.8, 4) is 11.5 Å². The fraction of sp³-hybridized carbons (Fsp3) is 0.222. The van der Waals surface area contributed by atoms with Crippen molar-refractivity contribution in [3.63, 3.8) is 0 Å². The van der Waals surface area contributed by atoms with E-state index < -0.39 is 12.0 Å². The zero-order chi connectivity index (χ0) is 17.5. The molecule has 2 aromatic rings. The molecule has 3 N–H and O–H groups in total. The molecule has 2 rings (SSSR count). The number of phenols is 1. The number of methoxy groups -OCH3 is 1. The average Bonchev–Trinajstić information content (AvgIpc) is 2.55. The standard InChI is InChI=1S/C18H19NO5/c1-24-16-10-13(7-8-15(16)20)14(11-18(22)23)19-17(21)9-12-5-3-2-4-6-12/h2-8,10,14,20H,9,11H2,1H3,(H,19,21)(H,22,23)/t14-/m0/s1. The van der Waals surface area contributed by atoms with Crippen molar-refractivity contribution < 1.29 is 24.5 Å². The van der Waals surface area contributed by atoms with Crippen LogP contribution in [0, 0.1) is 0 Å². The molecule has 0 aliphatic carbocycles. The van der Waals surface area contributed by atoms with Crippen LogP contribution in [0.25, 0.3) is 0 Å². The largest absolute Gasteiger partial charge is 0.504 e. The molecule has 0 aromatic heterocycles. The minimum atomic E-state index is -1.04. The molecule has 1 atom stereocenters. The topological polar surface area (TPSA) is 95.9 Å². The van der Waals surface area contributed by atoms with Gasteiger partial charge in [-0.15, -0.1) is 0 Å². The van der Waals surface area contributed by atoms with Crippen LogP contribution in [0.3, 0.4) is 0 Å². The minimum absolute atomic E-state index is 0.0501. The third-order valence-electron chi connectivity index (χ3n) is 3.53. The molecule has 0 spiro atoms. The van der Waals surface area contributed by atoms with Gasteiger partial charge in [-0.05, 0) is 23.3 Å². The maximum absolute atomic E-state index is 12.2. The van der Waals surface area contributed by atoms with Gasteiger partial charge in [0, 0.05) is 0 Å². The van der Waals surface area contributed by atoms with E-state index in [1.54, 1.807) is 6.07 Å². The average molecular weight is 329 g/mol. The summed E-state index contributed by atoms with van der Waals surface area (Å²) >= 11 is 0. The number of phenolic OH excluding ortho intramolecular Hbond substituents is 1. The van der Waals surface area contributed by atoms with Crippen molar-refractivity contribution in [1.29, 1.82) is 0 Å². The van der Waals surface area contributed by atoms with Crippen LogP contribution in [0.2, 0.25) is 0 Å². The van der Waals surface area contributed by atoms with E-state index in [0.717, 1.165) is 5.56 Å². The first-order valence-electron chi connectivity index (χ1n) is 7.41. The van der Waals surface area contributed by atoms with Crippen molar-refractivity contribution in [2.75, 3.05) is 7.11 Å². The SMILES string of the molecule is COc1cc([C@H](CC(=O)O)NC(=O)Cc2ccccc2)ccc1O. The Morgan fingerprint density at radius 1 is 1.17 bits per heavy atom. The number of carboxylic acids is 1. The van der Waals surface area contributed by atoms with Crippen LogP contribution in [-0.2, 0) is 16.0 Å². The van der Waals surface area contributed by atoms with E-state index in [0.29, 0.717) is 5.56 Å². The summed E-state index contributed by atoms with van der Waals surface area (Å²) in [5.74, 6) is -1.14. The Morgan fingerprint density at radius 3 is 2.50 bits per heavy atom. The lowest BCUT2D eigenvalue weighted by atomic mass is 10.0. The molecule has 126 valence electrons. The molecule has 0 unspecified atom stereocenters. The second-order valence-electron chi connectivity index (χ2n) is 5.31. The number of ether oxygens (including phenoxy) is 1. The summed E-state index contributed by atoms with van der Waals surface area (Å²) in [6.07, 6.45) is -0.110. The molecule has 0 radical (unpaired) electrons. The zero-order valence-electron chi connectivity index (χ0n) is 13.2. The second-order valence-corrected chi connectivity index (χ2v) is 5.31. The first-order chi connectivity index (χ1) is 11.5. The number of aromatic hydroxyl groups is 1. The third-order valence-corrected chi connectivity index (χ3v) is 3.53. The Bertz CT molecular complexity index is 715. The van der Waals surface area contributed by atoms with Crippen molar-refractivity contribution in [2.45, 2.75) is 18.9 Å². The van der Waals surface area contributed by atoms with Gasteiger partial charge in [0.25, 0.3) is 0 Å². The third kappa shape index (κ3) is 4.74. The Morgan fingerprint density at radius 2 is 1.88 bits per heavy atom. The number of hydrogen-bond acceptors (Lipinski definition) is 4. The Hall–Kier alpha value is -3.02. The lowest BCUT2D eigenvalue weighted by molar-refractivity contribution is -0.137. The van der Waals surface area contributed by atoms with Gasteiger partial charge in [0.15, 0.2) is 11.5 Å². The smallest absolute Gasteiger partial charge is 0.305 e. The fourth-order valence-electron chi connectivity index (χ4n) is 2.36. The van der Waals surface area contributed by atoms with Gasteiger partial charge in [-0.1, -0.05) is 36.4 Å². The van der Waals surface area contributed by atoms with Gasteiger partial charge in [0.1, 0.15) is 0 Å². The number of hydrogen-bond donors (Lipinski definition) is 3. The minimum Gasteiger partial charge on any atom is -0.504 e. The first kappa shape index (κ1) is 17.3. The van der Waals surface area contributed by atoms with E-state index in [-0.39, 0.29) is 30.2 Å². The predicted molar refractivity (Wildman–Crippen MR) is 87.9 cm³/mol. The van der Waals surface area contributed by atoms with Gasteiger partial charge < -0.3 is 20.3 Å². The highest BCUT2D eigenvalue weighted by molar-refractivity contribution is 5.80. The van der Waals surface area contributed by atoms with Crippen LogP contribution in [0.1, 0.15) is 23.6 Å². The van der Waals surface area contributed by atoms with E-state index in [4.69, 9.17) is 9.84 Å². The van der Waals surface area contributed by atoms with Gasteiger partial charge in [0.05, 0.1) is 26.0 Å². The van der Waals surface area contributed by atoms with Gasteiger partial charge in [-0.2, -0.15) is 0 Å². The van der Waals surface area contributed by atoms with Crippen LogP contribution in [-0.4, -0.2) is 29.2 Å². The number of carbonyl (C=O) groups is 2. The highest BCUT2D eigenvalue weighted by Crippen LogP contribution is 2.30. The molecule has 0 heterocycles. The van der Waals surface area contributed by atoms with Crippen molar-refractivity contribution in [3.05, 3.63) is 59.7 Å². The van der Waals surface area contributed by atoms with E-state index in [2.05, 4.69) is 5.32 Å². The van der Waals surface area contributed by atoms with Gasteiger partial charge in [0.2, 0.25) is 5.91 Å². The molecule has 0 saturated carbocycles. The Balaban J connectivity index is 2.16. The lowest BCUT2D eigenvalue weighted by Crippen LogP contribution is -2.31. The predicted octanol–water partition coefficient (Wildman–Crippen LogP) is 2.28. The molecule has 0 bridgehead atoms. The maximum atomic E-state index is 12.2. The summed E-state index contributed by atoms with van der Waals surface area (Å²) in [6, 6.07) is 13.0. The molecule has 0 saturated heterocycles. The van der Waals surface area contributed by atoms with Crippen molar-refractivity contribution in [1.82, 2.24) is 5.32 Å². The van der Waals surface area contributed by atoms with Crippen LogP contribution in [0.5, 0.6) is 11.5 Å². The molecule has 24 heavy (non-hydrogen) atoms. The van der Waals surface area contributed by atoms with Crippen molar-refractivity contribution >= 4 is 11.9 Å². The number of carbonyl (C=O) groups excluding carboxylic acids is 1. The van der Waals surface area contributed by atoms with Crippen LogP contribution in [0.4, 0.5) is 0 Å². The van der Waals surface area contributed by atoms with E-state index in [1.807, 2.05) is 30.3 Å². The Labute approximate surface area is 139 Å². The van der Waals surface area contributed by atoms with Gasteiger partial charge in [-0.3, -0.25) is 9.59 Å². The van der Waals surface area contributed by atoms with Crippen LogP contribution in [0.15, 0.2) is 48.5 Å². The molecule has 2 aromatic carbocycles. The highest BCUT2D eigenvalue weighted by atomic mass is 16.5. The van der Waals surface area contributed by atoms with Crippen LogP contribution >= 0.6 is 0 Å². The van der Waals surface area contributed by atoms with Crippen molar-refractivity contribution in [2.24, 2.45) is 0 Å². The van der Waals surface area contributed by atoms with E-state index >= 15 is 0 Å². The van der Waals surface area contributed by atoms with Gasteiger partial charge in [-0.25, -0.2) is 0 Å². The highest BCUT2D eigenvalue weighted by Gasteiger charge is 2.19. The van der Waals surface area contributed by atoms with Gasteiger partial charge >= 0.3 is 5.97 Å². The number of rotatable bonds is 7. The summed E-state index contributed by atoms with van der Waals surface area (Å²) in [5.41, 5.74) is 1.39. The normalized spacial score (nSPS) is 11.5. The first-order valence-corrected chi connectivity index (χ1v) is 7.41. The number of benzene rings is 2. The zero-order valence-corrected chi connectivity index (χ0v) is 13.2. The van der Waals surface area contributed by atoms with Crippen LogP contribution < -0.4 is 10.1 Å². The molecule has 0 fully saturated rings. The molecule has 1 amide bonds. The quantitative estimate of drug-likeness (QED) is 0.724. The number of carboxylic acid groups (broad SMARTS) is 1. The number of nitrogens with one attached hydrogen (secondary N) is 1. The molecule has 0 aliphatic heterocycles. The summed E-state index contributed by atoms with van der Waals surface area (Å²) in [6.45, 7) is 0. The molecular weight excluding hydrogens is 310 g/mol.